The molecule has 0 unspecified atom stereocenters. The van der Waals surface area contributed by atoms with Crippen molar-refractivity contribution in [2.24, 2.45) is 0 Å². The van der Waals surface area contributed by atoms with Gasteiger partial charge in [0.25, 0.3) is 5.56 Å². The third kappa shape index (κ3) is 2.26. The second kappa shape index (κ2) is 5.34. The normalized spacial score (nSPS) is 18.5. The van der Waals surface area contributed by atoms with Crippen molar-refractivity contribution in [1.29, 1.82) is 0 Å². The third-order valence-corrected chi connectivity index (χ3v) is 5.42. The number of hydrogen-bond acceptors (Lipinski definition) is 4. The highest BCUT2D eigenvalue weighted by atomic mass is 32.1. The molecule has 22 heavy (non-hydrogen) atoms. The first-order valence-corrected chi connectivity index (χ1v) is 8.38. The molecule has 5 heteroatoms. The number of para-hydroxylation sites is 2. The maximum absolute atomic E-state index is 12.3. The first-order valence-electron chi connectivity index (χ1n) is 7.50. The molecule has 3 aromatic rings. The van der Waals surface area contributed by atoms with Crippen LogP contribution in [0.2, 0.25) is 0 Å². The van der Waals surface area contributed by atoms with Gasteiger partial charge >= 0.3 is 0 Å². The van der Waals surface area contributed by atoms with Crippen molar-refractivity contribution in [3.8, 4) is 0 Å². The number of thiophene rings is 1. The van der Waals surface area contributed by atoms with E-state index in [0.29, 0.717) is 18.3 Å². The van der Waals surface area contributed by atoms with Gasteiger partial charge in [-0.25, -0.2) is 4.98 Å². The van der Waals surface area contributed by atoms with Gasteiger partial charge in [-0.3, -0.25) is 9.69 Å². The maximum Gasteiger partial charge on any atom is 0.271 e. The van der Waals surface area contributed by atoms with E-state index in [1.165, 1.54) is 10.4 Å². The molecule has 0 aliphatic carbocycles. The monoisotopic (exact) mass is 311 g/mol. The van der Waals surface area contributed by atoms with E-state index >= 15 is 0 Å². The van der Waals surface area contributed by atoms with E-state index in [-0.39, 0.29) is 5.56 Å². The Morgan fingerprint density at radius 1 is 1.36 bits per heavy atom. The largest absolute Gasteiger partial charge is 0.319 e. The fourth-order valence-electron chi connectivity index (χ4n) is 3.14. The van der Waals surface area contributed by atoms with Gasteiger partial charge in [0.1, 0.15) is 5.69 Å². The summed E-state index contributed by atoms with van der Waals surface area (Å²) in [5.41, 5.74) is 3.56. The number of hydrogen-bond donors (Lipinski definition) is 1. The van der Waals surface area contributed by atoms with Crippen molar-refractivity contribution in [3.63, 3.8) is 0 Å². The van der Waals surface area contributed by atoms with Crippen LogP contribution in [0.1, 0.15) is 29.1 Å². The Morgan fingerprint density at radius 2 is 2.23 bits per heavy atom. The number of nitrogens with zero attached hydrogens (tertiary/aromatic N) is 2. The molecule has 1 aromatic carbocycles. The highest BCUT2D eigenvalue weighted by Gasteiger charge is 2.25. The molecule has 0 saturated carbocycles. The van der Waals surface area contributed by atoms with Crippen LogP contribution in [0, 0.1) is 0 Å². The fourth-order valence-corrected chi connectivity index (χ4v) is 4.11. The van der Waals surface area contributed by atoms with E-state index in [1.807, 2.05) is 35.6 Å². The van der Waals surface area contributed by atoms with E-state index in [0.717, 1.165) is 24.0 Å². The molecule has 0 spiro atoms. The van der Waals surface area contributed by atoms with E-state index < -0.39 is 0 Å². The van der Waals surface area contributed by atoms with Gasteiger partial charge in [0.2, 0.25) is 0 Å². The van der Waals surface area contributed by atoms with Crippen LogP contribution in [-0.4, -0.2) is 21.4 Å². The molecule has 1 atom stereocenters. The summed E-state index contributed by atoms with van der Waals surface area (Å²) in [5, 5.41) is 2.16. The lowest BCUT2D eigenvalue weighted by molar-refractivity contribution is 0.188. The van der Waals surface area contributed by atoms with Gasteiger partial charge < -0.3 is 4.98 Å². The van der Waals surface area contributed by atoms with Gasteiger partial charge in [-0.15, -0.1) is 11.3 Å². The van der Waals surface area contributed by atoms with Crippen LogP contribution in [0.15, 0.2) is 40.5 Å². The molecular formula is C17H17N3OS. The minimum Gasteiger partial charge on any atom is -0.319 e. The molecule has 1 N–H and O–H groups in total. The lowest BCUT2D eigenvalue weighted by Gasteiger charge is -2.33. The molecule has 4 nitrogen and oxygen atoms in total. The summed E-state index contributed by atoms with van der Waals surface area (Å²) in [6.45, 7) is 3.78. The summed E-state index contributed by atoms with van der Waals surface area (Å²) in [5.74, 6) is 0. The summed E-state index contributed by atoms with van der Waals surface area (Å²) in [6.07, 6.45) is 1.06. The number of rotatable bonds is 2. The lowest BCUT2D eigenvalue weighted by atomic mass is 10.0. The molecule has 4 rings (SSSR count). The second-order valence-corrected chi connectivity index (χ2v) is 6.73. The Hall–Kier alpha value is -1.98. The summed E-state index contributed by atoms with van der Waals surface area (Å²) in [7, 11) is 0. The van der Waals surface area contributed by atoms with Gasteiger partial charge in [0, 0.05) is 24.0 Å². The van der Waals surface area contributed by atoms with E-state index in [2.05, 4.69) is 33.2 Å². The van der Waals surface area contributed by atoms with Gasteiger partial charge in [0.15, 0.2) is 0 Å². The van der Waals surface area contributed by atoms with Crippen LogP contribution in [-0.2, 0) is 13.0 Å². The first-order chi connectivity index (χ1) is 10.7. The van der Waals surface area contributed by atoms with Crippen LogP contribution in [0.4, 0.5) is 0 Å². The summed E-state index contributed by atoms with van der Waals surface area (Å²) < 4.78 is 0. The molecule has 1 aliphatic rings. The minimum absolute atomic E-state index is 0.0815. The third-order valence-electron chi connectivity index (χ3n) is 4.43. The molecule has 0 fully saturated rings. The summed E-state index contributed by atoms with van der Waals surface area (Å²) in [6, 6.07) is 10.2. The molecule has 0 amide bonds. The molecule has 0 saturated heterocycles. The smallest absolute Gasteiger partial charge is 0.271 e. The van der Waals surface area contributed by atoms with Crippen molar-refractivity contribution < 1.29 is 0 Å². The zero-order valence-electron chi connectivity index (χ0n) is 12.4. The molecular weight excluding hydrogens is 294 g/mol. The van der Waals surface area contributed by atoms with Crippen molar-refractivity contribution >= 4 is 22.4 Å². The van der Waals surface area contributed by atoms with Gasteiger partial charge in [0.05, 0.1) is 11.0 Å². The Morgan fingerprint density at radius 3 is 3.14 bits per heavy atom. The summed E-state index contributed by atoms with van der Waals surface area (Å²) >= 11 is 1.83. The maximum atomic E-state index is 12.3. The van der Waals surface area contributed by atoms with Crippen LogP contribution < -0.4 is 5.56 Å². The average Bonchev–Trinajstić information content (AvgIpc) is 3.00. The molecule has 1 aliphatic heterocycles. The quantitative estimate of drug-likeness (QED) is 0.791. The number of fused-ring (bicyclic) bond motifs is 2. The van der Waals surface area contributed by atoms with Gasteiger partial charge in [-0.2, -0.15) is 0 Å². The highest BCUT2D eigenvalue weighted by Crippen LogP contribution is 2.33. The Balaban J connectivity index is 1.67. The number of aromatic amines is 1. The minimum atomic E-state index is -0.0815. The Labute approximate surface area is 132 Å². The average molecular weight is 311 g/mol. The SMILES string of the molecule is C[C@@H]1c2ccsc2CCN1Cc1nc2ccccc2[nH]c1=O. The summed E-state index contributed by atoms with van der Waals surface area (Å²) in [4.78, 5) is 23.6. The van der Waals surface area contributed by atoms with E-state index in [1.54, 1.807) is 0 Å². The van der Waals surface area contributed by atoms with Crippen LogP contribution in [0.3, 0.4) is 0 Å². The molecule has 0 bridgehead atoms. The lowest BCUT2D eigenvalue weighted by Crippen LogP contribution is -2.35. The van der Waals surface area contributed by atoms with E-state index in [4.69, 9.17) is 0 Å². The van der Waals surface area contributed by atoms with Crippen molar-refractivity contribution in [2.75, 3.05) is 6.54 Å². The van der Waals surface area contributed by atoms with E-state index in [9.17, 15) is 4.79 Å². The molecule has 0 radical (unpaired) electrons. The highest BCUT2D eigenvalue weighted by molar-refractivity contribution is 7.10. The molecule has 3 heterocycles. The fraction of sp³-hybridized carbons (Fsp3) is 0.294. The van der Waals surface area contributed by atoms with Gasteiger partial charge in [-0.05, 0) is 42.5 Å². The predicted molar refractivity (Wildman–Crippen MR) is 89.2 cm³/mol. The molecule has 112 valence electrons. The van der Waals surface area contributed by atoms with Gasteiger partial charge in [-0.1, -0.05) is 12.1 Å². The van der Waals surface area contributed by atoms with Crippen LogP contribution in [0.5, 0.6) is 0 Å². The van der Waals surface area contributed by atoms with Crippen LogP contribution in [0.25, 0.3) is 11.0 Å². The first kappa shape index (κ1) is 13.7. The molecule has 2 aromatic heterocycles. The number of H-pyrrole nitrogens is 1. The zero-order chi connectivity index (χ0) is 15.1. The number of benzene rings is 1. The standard InChI is InChI=1S/C17H17N3OS/c1-11-12-7-9-22-16(12)6-8-20(11)10-15-17(21)19-14-5-3-2-4-13(14)18-15/h2-5,7,9,11H,6,8,10H2,1H3,(H,19,21)/t11-/m1/s1. The Bertz CT molecular complexity index is 883. The topological polar surface area (TPSA) is 49.0 Å². The Kier molecular flexibility index (Phi) is 3.32. The number of aromatic nitrogens is 2. The zero-order valence-corrected chi connectivity index (χ0v) is 13.2. The van der Waals surface area contributed by atoms with Crippen molar-refractivity contribution in [2.45, 2.75) is 25.9 Å². The van der Waals surface area contributed by atoms with Crippen LogP contribution >= 0.6 is 11.3 Å². The van der Waals surface area contributed by atoms with Crippen molar-refractivity contribution in [1.82, 2.24) is 14.9 Å². The number of nitrogens with one attached hydrogen (secondary N) is 1. The van der Waals surface area contributed by atoms with Crippen molar-refractivity contribution in [3.05, 3.63) is 62.2 Å². The predicted octanol–water partition coefficient (Wildman–Crippen LogP) is 3.10. The second-order valence-electron chi connectivity index (χ2n) is 5.73.